The van der Waals surface area contributed by atoms with Crippen LogP contribution in [0.1, 0.15) is 44.9 Å². The molecule has 0 heterocycles. The Balaban J connectivity index is 3.79. The van der Waals surface area contributed by atoms with Crippen LogP contribution < -0.4 is 0 Å². The summed E-state index contributed by atoms with van der Waals surface area (Å²) in [6.07, 6.45) is 10.1. The van der Waals surface area contributed by atoms with Gasteiger partial charge in [-0.3, -0.25) is 9.59 Å². The van der Waals surface area contributed by atoms with E-state index < -0.39 is 17.9 Å². The van der Waals surface area contributed by atoms with Gasteiger partial charge < -0.3 is 14.6 Å². The van der Waals surface area contributed by atoms with Gasteiger partial charge in [0.15, 0.2) is 5.92 Å². The molecule has 0 saturated carbocycles. The largest absolute Gasteiger partial charge is 0.468 e. The van der Waals surface area contributed by atoms with Crippen molar-refractivity contribution in [1.29, 1.82) is 0 Å². The molecule has 0 aliphatic rings. The summed E-state index contributed by atoms with van der Waals surface area (Å²) in [5, 5.41) is 8.62. The number of rotatable bonds is 11. The Morgan fingerprint density at radius 3 is 1.90 bits per heavy atom. The van der Waals surface area contributed by atoms with Crippen LogP contribution in [0.25, 0.3) is 0 Å². The van der Waals surface area contributed by atoms with E-state index in [1.807, 2.05) is 0 Å². The quantitative estimate of drug-likeness (QED) is 0.273. The van der Waals surface area contributed by atoms with Crippen molar-refractivity contribution in [1.82, 2.24) is 0 Å². The molecule has 0 spiro atoms. The lowest BCUT2D eigenvalue weighted by Gasteiger charge is -2.11. The van der Waals surface area contributed by atoms with E-state index in [4.69, 9.17) is 5.11 Å². The SMILES string of the molecule is COC(=O)C(CCCC/C=C/CCCCO)C(=O)OC. The molecule has 0 unspecified atom stereocenters. The summed E-state index contributed by atoms with van der Waals surface area (Å²) in [6.45, 7) is 0.246. The van der Waals surface area contributed by atoms with Crippen LogP contribution in [-0.2, 0) is 19.1 Å². The fourth-order valence-corrected chi connectivity index (χ4v) is 1.84. The van der Waals surface area contributed by atoms with Crippen molar-refractivity contribution in [3.8, 4) is 0 Å². The minimum Gasteiger partial charge on any atom is -0.468 e. The number of methoxy groups -OCH3 is 2. The van der Waals surface area contributed by atoms with Gasteiger partial charge in [0.2, 0.25) is 0 Å². The summed E-state index contributed by atoms with van der Waals surface area (Å²) in [5.74, 6) is -1.87. The molecule has 0 aliphatic heterocycles. The van der Waals surface area contributed by atoms with Gasteiger partial charge in [-0.15, -0.1) is 0 Å². The van der Waals surface area contributed by atoms with E-state index in [2.05, 4.69) is 21.6 Å². The smallest absolute Gasteiger partial charge is 0.320 e. The molecule has 0 bridgehead atoms. The fraction of sp³-hybridized carbons (Fsp3) is 0.733. The first kappa shape index (κ1) is 18.6. The van der Waals surface area contributed by atoms with Crippen LogP contribution in [0, 0.1) is 5.92 Å². The number of hydrogen-bond donors (Lipinski definition) is 1. The number of aliphatic hydroxyl groups is 1. The molecule has 20 heavy (non-hydrogen) atoms. The first-order chi connectivity index (χ1) is 9.67. The minimum absolute atomic E-state index is 0.246. The lowest BCUT2D eigenvalue weighted by molar-refractivity contribution is -0.159. The van der Waals surface area contributed by atoms with Crippen LogP contribution in [0.2, 0.25) is 0 Å². The second-order valence-electron chi connectivity index (χ2n) is 4.57. The topological polar surface area (TPSA) is 72.8 Å². The van der Waals surface area contributed by atoms with Gasteiger partial charge in [0.05, 0.1) is 14.2 Å². The highest BCUT2D eigenvalue weighted by atomic mass is 16.5. The van der Waals surface area contributed by atoms with Crippen molar-refractivity contribution in [2.45, 2.75) is 44.9 Å². The average Bonchev–Trinajstić information content (AvgIpc) is 2.48. The van der Waals surface area contributed by atoms with E-state index in [0.29, 0.717) is 6.42 Å². The third-order valence-electron chi connectivity index (χ3n) is 3.03. The lowest BCUT2D eigenvalue weighted by atomic mass is 10.0. The first-order valence-corrected chi connectivity index (χ1v) is 7.08. The molecule has 0 aromatic rings. The summed E-state index contributed by atoms with van der Waals surface area (Å²) in [5.41, 5.74) is 0. The van der Waals surface area contributed by atoms with E-state index in [0.717, 1.165) is 38.5 Å². The molecule has 0 fully saturated rings. The van der Waals surface area contributed by atoms with Gasteiger partial charge >= 0.3 is 11.9 Å². The van der Waals surface area contributed by atoms with E-state index in [-0.39, 0.29) is 6.61 Å². The zero-order valence-corrected chi connectivity index (χ0v) is 12.5. The van der Waals surface area contributed by atoms with Crippen molar-refractivity contribution in [2.24, 2.45) is 5.92 Å². The zero-order valence-electron chi connectivity index (χ0n) is 12.5. The van der Waals surface area contributed by atoms with Gasteiger partial charge in [0.25, 0.3) is 0 Å². The number of ether oxygens (including phenoxy) is 2. The van der Waals surface area contributed by atoms with E-state index in [9.17, 15) is 9.59 Å². The van der Waals surface area contributed by atoms with Crippen LogP contribution >= 0.6 is 0 Å². The summed E-state index contributed by atoms with van der Waals surface area (Å²) < 4.78 is 9.19. The third kappa shape index (κ3) is 8.69. The van der Waals surface area contributed by atoms with Crippen molar-refractivity contribution in [2.75, 3.05) is 20.8 Å². The molecule has 116 valence electrons. The Hall–Kier alpha value is -1.36. The van der Waals surface area contributed by atoms with E-state index in [1.165, 1.54) is 14.2 Å². The number of unbranched alkanes of at least 4 members (excludes halogenated alkanes) is 4. The first-order valence-electron chi connectivity index (χ1n) is 7.08. The van der Waals surface area contributed by atoms with Crippen molar-refractivity contribution in [3.05, 3.63) is 12.2 Å². The lowest BCUT2D eigenvalue weighted by Crippen LogP contribution is -2.26. The molecule has 0 aromatic carbocycles. The highest BCUT2D eigenvalue weighted by molar-refractivity contribution is 5.94. The van der Waals surface area contributed by atoms with Crippen molar-refractivity contribution < 1.29 is 24.2 Å². The number of aliphatic hydroxyl groups excluding tert-OH is 1. The molecule has 0 radical (unpaired) electrons. The maximum absolute atomic E-state index is 11.4. The number of carbonyl (C=O) groups is 2. The van der Waals surface area contributed by atoms with Crippen LogP contribution in [-0.4, -0.2) is 37.9 Å². The predicted octanol–water partition coefficient (Wildman–Crippen LogP) is 2.23. The number of carbonyl (C=O) groups excluding carboxylic acids is 2. The van der Waals surface area contributed by atoms with Gasteiger partial charge in [0.1, 0.15) is 0 Å². The van der Waals surface area contributed by atoms with Gasteiger partial charge in [-0.2, -0.15) is 0 Å². The number of allylic oxidation sites excluding steroid dienone is 2. The maximum atomic E-state index is 11.4. The second kappa shape index (κ2) is 12.7. The maximum Gasteiger partial charge on any atom is 0.320 e. The average molecular weight is 286 g/mol. The van der Waals surface area contributed by atoms with Crippen LogP contribution in [0.15, 0.2) is 12.2 Å². The molecule has 0 rings (SSSR count). The fourth-order valence-electron chi connectivity index (χ4n) is 1.84. The Morgan fingerprint density at radius 1 is 0.950 bits per heavy atom. The second-order valence-corrected chi connectivity index (χ2v) is 4.57. The molecule has 0 saturated heterocycles. The summed E-state index contributed by atoms with van der Waals surface area (Å²) in [6, 6.07) is 0. The number of esters is 2. The van der Waals surface area contributed by atoms with Gasteiger partial charge in [-0.25, -0.2) is 0 Å². The third-order valence-corrected chi connectivity index (χ3v) is 3.03. The molecular weight excluding hydrogens is 260 g/mol. The Kier molecular flexibility index (Phi) is 11.8. The molecule has 0 atom stereocenters. The molecule has 5 heteroatoms. The normalized spacial score (nSPS) is 11.0. The predicted molar refractivity (Wildman–Crippen MR) is 76.1 cm³/mol. The van der Waals surface area contributed by atoms with Gasteiger partial charge in [-0.05, 0) is 38.5 Å². The standard InChI is InChI=1S/C15H26O5/c1-19-14(17)13(15(18)20-2)11-9-7-5-3-4-6-8-10-12-16/h3-4,13,16H,5-12H2,1-2H3/b4-3+. The van der Waals surface area contributed by atoms with Crippen molar-refractivity contribution in [3.63, 3.8) is 0 Å². The Bertz CT molecular complexity index is 283. The van der Waals surface area contributed by atoms with Crippen LogP contribution in [0.4, 0.5) is 0 Å². The summed E-state index contributed by atoms with van der Waals surface area (Å²) in [4.78, 5) is 22.8. The highest BCUT2D eigenvalue weighted by Gasteiger charge is 2.27. The van der Waals surface area contributed by atoms with E-state index >= 15 is 0 Å². The van der Waals surface area contributed by atoms with Gasteiger partial charge in [0, 0.05) is 6.61 Å². The van der Waals surface area contributed by atoms with Crippen LogP contribution in [0.5, 0.6) is 0 Å². The number of hydrogen-bond acceptors (Lipinski definition) is 5. The van der Waals surface area contributed by atoms with Crippen molar-refractivity contribution >= 4 is 11.9 Å². The minimum atomic E-state index is -0.807. The zero-order chi connectivity index (χ0) is 15.2. The molecular formula is C15H26O5. The molecule has 0 aromatic heterocycles. The highest BCUT2D eigenvalue weighted by Crippen LogP contribution is 2.13. The van der Waals surface area contributed by atoms with Gasteiger partial charge in [-0.1, -0.05) is 18.6 Å². The van der Waals surface area contributed by atoms with Crippen LogP contribution in [0.3, 0.4) is 0 Å². The molecule has 5 nitrogen and oxygen atoms in total. The summed E-state index contributed by atoms with van der Waals surface area (Å²) in [7, 11) is 2.54. The molecule has 0 aliphatic carbocycles. The molecule has 1 N–H and O–H groups in total. The Labute approximate surface area is 121 Å². The Morgan fingerprint density at radius 2 is 1.45 bits per heavy atom. The summed E-state index contributed by atoms with van der Waals surface area (Å²) >= 11 is 0. The van der Waals surface area contributed by atoms with E-state index in [1.54, 1.807) is 0 Å². The molecule has 0 amide bonds. The monoisotopic (exact) mass is 286 g/mol.